The van der Waals surface area contributed by atoms with Gasteiger partial charge in [-0.25, -0.2) is 4.79 Å². The average Bonchev–Trinajstić information content (AvgIpc) is 2.11. The Labute approximate surface area is 80.8 Å². The minimum atomic E-state index is 0.946. The van der Waals surface area contributed by atoms with Gasteiger partial charge in [0.2, 0.25) is 0 Å². The molecule has 72 valence electrons. The van der Waals surface area contributed by atoms with Gasteiger partial charge in [-0.3, -0.25) is 0 Å². The molecule has 13 heavy (non-hydrogen) atoms. The second kappa shape index (κ2) is 9.02. The molecule has 0 aromatic carbocycles. The van der Waals surface area contributed by atoms with Crippen LogP contribution in [0.5, 0.6) is 0 Å². The molecule has 0 saturated carbocycles. The first-order valence-corrected chi connectivity index (χ1v) is 4.85. The summed E-state index contributed by atoms with van der Waals surface area (Å²) in [5.41, 5.74) is 0.946. The number of unbranched alkanes of at least 4 members (excludes halogenated alkanes) is 3. The summed E-state index contributed by atoms with van der Waals surface area (Å²) in [7, 11) is 0. The first kappa shape index (κ1) is 11.9. The summed E-state index contributed by atoms with van der Waals surface area (Å²) >= 11 is 0. The molecule has 0 aromatic rings. The van der Waals surface area contributed by atoms with Crippen LogP contribution in [0.2, 0.25) is 0 Å². The summed E-state index contributed by atoms with van der Waals surface area (Å²) in [6.07, 6.45) is 12.4. The molecule has 0 saturated heterocycles. The predicted molar refractivity (Wildman–Crippen MR) is 57.3 cm³/mol. The maximum absolute atomic E-state index is 9.94. The van der Waals surface area contributed by atoms with Crippen LogP contribution in [0.1, 0.15) is 39.5 Å². The molecule has 0 aliphatic rings. The molecule has 0 heterocycles. The van der Waals surface area contributed by atoms with Gasteiger partial charge in [0.15, 0.2) is 0 Å². The van der Waals surface area contributed by atoms with Crippen molar-refractivity contribution in [1.29, 1.82) is 0 Å². The van der Waals surface area contributed by atoms with Crippen molar-refractivity contribution < 1.29 is 4.79 Å². The van der Waals surface area contributed by atoms with Gasteiger partial charge in [0, 0.05) is 6.08 Å². The highest BCUT2D eigenvalue weighted by atomic mass is 16.1. The predicted octanol–water partition coefficient (Wildman–Crippen LogP) is 3.46. The van der Waals surface area contributed by atoms with Gasteiger partial charge in [0.1, 0.15) is 5.94 Å². The zero-order valence-corrected chi connectivity index (χ0v) is 8.55. The molecule has 0 aliphatic carbocycles. The van der Waals surface area contributed by atoms with E-state index in [1.807, 2.05) is 19.1 Å². The van der Waals surface area contributed by atoms with Crippen molar-refractivity contribution in [1.82, 2.24) is 0 Å². The van der Waals surface area contributed by atoms with E-state index in [1.54, 1.807) is 5.94 Å². The maximum atomic E-state index is 9.94. The van der Waals surface area contributed by atoms with Gasteiger partial charge in [-0.2, -0.15) is 0 Å². The fourth-order valence-electron chi connectivity index (χ4n) is 0.969. The fraction of sp³-hybridized carbons (Fsp3) is 0.500. The highest BCUT2D eigenvalue weighted by Gasteiger charge is 1.81. The third-order valence-electron chi connectivity index (χ3n) is 1.76. The van der Waals surface area contributed by atoms with E-state index in [9.17, 15) is 4.79 Å². The Hall–Kier alpha value is -1.07. The first-order valence-electron chi connectivity index (χ1n) is 4.85. The lowest BCUT2D eigenvalue weighted by Gasteiger charge is -1.90. The van der Waals surface area contributed by atoms with Crippen LogP contribution in [-0.2, 0) is 4.79 Å². The topological polar surface area (TPSA) is 17.1 Å². The summed E-state index contributed by atoms with van der Waals surface area (Å²) in [6.45, 7) is 4.09. The number of rotatable bonds is 6. The lowest BCUT2D eigenvalue weighted by Crippen LogP contribution is -1.70. The molecule has 1 heteroatoms. The second-order valence-corrected chi connectivity index (χ2v) is 3.10. The SMILES string of the molecule is CCCCCC=CC=C(C)C=C=O. The van der Waals surface area contributed by atoms with Crippen LogP contribution in [0.25, 0.3) is 0 Å². The highest BCUT2D eigenvalue weighted by molar-refractivity contribution is 5.52. The lowest BCUT2D eigenvalue weighted by atomic mass is 10.2. The minimum Gasteiger partial charge on any atom is -0.233 e. The van der Waals surface area contributed by atoms with E-state index in [0.29, 0.717) is 0 Å². The third-order valence-corrected chi connectivity index (χ3v) is 1.76. The molecule has 0 rings (SSSR count). The van der Waals surface area contributed by atoms with Crippen LogP contribution in [-0.4, -0.2) is 5.94 Å². The number of hydrogen-bond donors (Lipinski definition) is 0. The van der Waals surface area contributed by atoms with Crippen molar-refractivity contribution in [2.24, 2.45) is 0 Å². The zero-order chi connectivity index (χ0) is 9.94. The minimum absolute atomic E-state index is 0.946. The number of allylic oxidation sites excluding steroid dienone is 5. The standard InChI is InChI=1S/C12H18O/c1-3-4-5-6-7-8-9-12(2)10-11-13/h7-10H,3-6H2,1-2H3. The van der Waals surface area contributed by atoms with Crippen molar-refractivity contribution >= 4 is 5.94 Å². The maximum Gasteiger partial charge on any atom is 0.124 e. The van der Waals surface area contributed by atoms with E-state index >= 15 is 0 Å². The van der Waals surface area contributed by atoms with Gasteiger partial charge in [-0.15, -0.1) is 0 Å². The first-order chi connectivity index (χ1) is 6.31. The van der Waals surface area contributed by atoms with Crippen LogP contribution in [0.3, 0.4) is 0 Å². The van der Waals surface area contributed by atoms with Crippen molar-refractivity contribution in [3.05, 3.63) is 29.9 Å². The molecular weight excluding hydrogens is 160 g/mol. The van der Waals surface area contributed by atoms with Gasteiger partial charge >= 0.3 is 0 Å². The van der Waals surface area contributed by atoms with Gasteiger partial charge < -0.3 is 0 Å². The van der Waals surface area contributed by atoms with E-state index < -0.39 is 0 Å². The Kier molecular flexibility index (Phi) is 8.28. The van der Waals surface area contributed by atoms with Crippen molar-refractivity contribution in [3.8, 4) is 0 Å². The molecule has 0 unspecified atom stereocenters. The van der Waals surface area contributed by atoms with Crippen LogP contribution < -0.4 is 0 Å². The molecule has 0 aliphatic heterocycles. The quantitative estimate of drug-likeness (QED) is 0.346. The van der Waals surface area contributed by atoms with Crippen LogP contribution >= 0.6 is 0 Å². The summed E-state index contributed by atoms with van der Waals surface area (Å²) in [4.78, 5) is 9.94. The van der Waals surface area contributed by atoms with Crippen LogP contribution in [0.15, 0.2) is 29.9 Å². The normalized spacial score (nSPS) is 11.7. The average molecular weight is 178 g/mol. The van der Waals surface area contributed by atoms with Gasteiger partial charge in [0.05, 0.1) is 0 Å². The van der Waals surface area contributed by atoms with Crippen molar-refractivity contribution in [2.45, 2.75) is 39.5 Å². The Morgan fingerprint density at radius 1 is 1.38 bits per heavy atom. The number of hydrogen-bond acceptors (Lipinski definition) is 1. The Morgan fingerprint density at radius 3 is 2.77 bits per heavy atom. The van der Waals surface area contributed by atoms with Gasteiger partial charge in [-0.05, 0) is 25.3 Å². The smallest absolute Gasteiger partial charge is 0.124 e. The molecule has 0 N–H and O–H groups in total. The molecule has 0 fully saturated rings. The molecule has 0 atom stereocenters. The van der Waals surface area contributed by atoms with E-state index in [2.05, 4.69) is 13.0 Å². The van der Waals surface area contributed by atoms with E-state index in [-0.39, 0.29) is 0 Å². The third kappa shape index (κ3) is 8.84. The molecule has 0 amide bonds. The zero-order valence-electron chi connectivity index (χ0n) is 8.55. The Bertz CT molecular complexity index is 217. The fourth-order valence-corrected chi connectivity index (χ4v) is 0.969. The second-order valence-electron chi connectivity index (χ2n) is 3.10. The van der Waals surface area contributed by atoms with Crippen molar-refractivity contribution in [3.63, 3.8) is 0 Å². The lowest BCUT2D eigenvalue weighted by molar-refractivity contribution is 0.569. The summed E-state index contributed by atoms with van der Waals surface area (Å²) < 4.78 is 0. The number of carbonyl (C=O) groups excluding carboxylic acids is 1. The summed E-state index contributed by atoms with van der Waals surface area (Å²) in [6, 6.07) is 0. The van der Waals surface area contributed by atoms with Crippen LogP contribution in [0.4, 0.5) is 0 Å². The van der Waals surface area contributed by atoms with E-state index in [4.69, 9.17) is 0 Å². The molecule has 0 bridgehead atoms. The van der Waals surface area contributed by atoms with Crippen LogP contribution in [0, 0.1) is 0 Å². The van der Waals surface area contributed by atoms with E-state index in [0.717, 1.165) is 12.0 Å². The summed E-state index contributed by atoms with van der Waals surface area (Å²) in [5, 5.41) is 0. The largest absolute Gasteiger partial charge is 0.233 e. The molecule has 0 spiro atoms. The molecule has 0 radical (unpaired) electrons. The summed E-state index contributed by atoms with van der Waals surface area (Å²) in [5.74, 6) is 1.75. The Balaban J connectivity index is 3.61. The monoisotopic (exact) mass is 178 g/mol. The Morgan fingerprint density at radius 2 is 2.15 bits per heavy atom. The van der Waals surface area contributed by atoms with E-state index in [1.165, 1.54) is 25.3 Å². The van der Waals surface area contributed by atoms with Gasteiger partial charge in [0.25, 0.3) is 0 Å². The van der Waals surface area contributed by atoms with Crippen molar-refractivity contribution in [2.75, 3.05) is 0 Å². The highest BCUT2D eigenvalue weighted by Crippen LogP contribution is 2.00. The van der Waals surface area contributed by atoms with Gasteiger partial charge in [-0.1, -0.05) is 38.0 Å². The molecule has 0 aromatic heterocycles. The molecule has 1 nitrogen and oxygen atoms in total. The molecular formula is C12H18O.